The number of methoxy groups -OCH3 is 1. The van der Waals surface area contributed by atoms with E-state index in [-0.39, 0.29) is 10.8 Å². The van der Waals surface area contributed by atoms with Gasteiger partial charge in [-0.1, -0.05) is 18.2 Å². The molecule has 0 unspecified atom stereocenters. The van der Waals surface area contributed by atoms with E-state index in [2.05, 4.69) is 9.62 Å². The van der Waals surface area contributed by atoms with Crippen LogP contribution in [-0.4, -0.2) is 52.5 Å². The van der Waals surface area contributed by atoms with E-state index < -0.39 is 10.0 Å². The fraction of sp³-hybridized carbons (Fsp3) is 0.269. The van der Waals surface area contributed by atoms with Crippen molar-refractivity contribution in [2.75, 3.05) is 42.9 Å². The summed E-state index contributed by atoms with van der Waals surface area (Å²) in [6.07, 6.45) is 0. The third-order valence-electron chi connectivity index (χ3n) is 6.16. The van der Waals surface area contributed by atoms with Crippen molar-refractivity contribution in [1.82, 2.24) is 4.90 Å². The average molecular weight is 480 g/mol. The number of carbonyl (C=O) groups excluding carboxylic acids is 1. The topological polar surface area (TPSA) is 79.0 Å². The number of anilines is 2. The van der Waals surface area contributed by atoms with E-state index in [4.69, 9.17) is 4.74 Å². The van der Waals surface area contributed by atoms with Crippen LogP contribution >= 0.6 is 0 Å². The van der Waals surface area contributed by atoms with E-state index in [0.717, 1.165) is 22.6 Å². The molecule has 0 saturated carbocycles. The molecule has 34 heavy (non-hydrogen) atoms. The van der Waals surface area contributed by atoms with Gasteiger partial charge in [0.2, 0.25) is 0 Å². The number of amides is 1. The first-order valence-corrected chi connectivity index (χ1v) is 12.6. The van der Waals surface area contributed by atoms with Gasteiger partial charge in [0.25, 0.3) is 15.9 Å². The summed E-state index contributed by atoms with van der Waals surface area (Å²) in [6.45, 7) is 6.44. The molecule has 0 atom stereocenters. The van der Waals surface area contributed by atoms with Crippen LogP contribution in [0, 0.1) is 13.8 Å². The first kappa shape index (κ1) is 23.6. The quantitative estimate of drug-likeness (QED) is 0.577. The van der Waals surface area contributed by atoms with Crippen LogP contribution < -0.4 is 14.4 Å². The predicted molar refractivity (Wildman–Crippen MR) is 134 cm³/mol. The molecular weight excluding hydrogens is 450 g/mol. The van der Waals surface area contributed by atoms with Crippen LogP contribution in [0.15, 0.2) is 71.6 Å². The highest BCUT2D eigenvalue weighted by Gasteiger charge is 2.24. The summed E-state index contributed by atoms with van der Waals surface area (Å²) in [7, 11) is -2.10. The Morgan fingerprint density at radius 2 is 1.56 bits per heavy atom. The number of piperazine rings is 1. The molecule has 7 nitrogen and oxygen atoms in total. The van der Waals surface area contributed by atoms with Crippen LogP contribution in [0.2, 0.25) is 0 Å². The Bertz CT molecular complexity index is 1280. The summed E-state index contributed by atoms with van der Waals surface area (Å²) in [4.78, 5) is 17.1. The van der Waals surface area contributed by atoms with Gasteiger partial charge in [0.1, 0.15) is 5.75 Å². The second kappa shape index (κ2) is 9.77. The number of carbonyl (C=O) groups is 1. The molecule has 1 aliphatic heterocycles. The Kier molecular flexibility index (Phi) is 6.79. The number of benzene rings is 3. The number of nitrogens with zero attached hydrogens (tertiary/aromatic N) is 2. The molecule has 1 fully saturated rings. The van der Waals surface area contributed by atoms with E-state index >= 15 is 0 Å². The zero-order valence-corrected chi connectivity index (χ0v) is 20.4. The number of hydrogen-bond donors (Lipinski definition) is 1. The lowest BCUT2D eigenvalue weighted by atomic mass is 10.1. The van der Waals surface area contributed by atoms with Crippen LogP contribution in [0.5, 0.6) is 5.75 Å². The number of hydrogen-bond acceptors (Lipinski definition) is 5. The second-order valence-electron chi connectivity index (χ2n) is 8.38. The summed E-state index contributed by atoms with van der Waals surface area (Å²) in [5.74, 6) is 0.708. The van der Waals surface area contributed by atoms with Gasteiger partial charge in [-0.3, -0.25) is 9.52 Å². The normalized spacial score (nSPS) is 14.1. The van der Waals surface area contributed by atoms with Gasteiger partial charge in [-0.05, 0) is 73.5 Å². The van der Waals surface area contributed by atoms with E-state index in [9.17, 15) is 13.2 Å². The third kappa shape index (κ3) is 5.02. The summed E-state index contributed by atoms with van der Waals surface area (Å²) >= 11 is 0. The van der Waals surface area contributed by atoms with Crippen molar-refractivity contribution in [3.05, 3.63) is 83.4 Å². The highest BCUT2D eigenvalue weighted by molar-refractivity contribution is 7.92. The van der Waals surface area contributed by atoms with Gasteiger partial charge < -0.3 is 14.5 Å². The molecule has 0 aromatic heterocycles. The first-order valence-electron chi connectivity index (χ1n) is 11.2. The fourth-order valence-electron chi connectivity index (χ4n) is 4.02. The summed E-state index contributed by atoms with van der Waals surface area (Å²) in [5, 5.41) is 0. The minimum Gasteiger partial charge on any atom is -0.495 e. The zero-order valence-electron chi connectivity index (χ0n) is 19.6. The molecule has 178 valence electrons. The third-order valence-corrected chi connectivity index (χ3v) is 7.56. The SMILES string of the molecule is COc1ccccc1N1CCN(C(=O)c2ccc(S(=O)(=O)Nc3ccc(C)c(C)c3)cc2)CC1. The fourth-order valence-corrected chi connectivity index (χ4v) is 5.07. The molecule has 1 aliphatic rings. The van der Waals surface area contributed by atoms with E-state index in [1.54, 1.807) is 36.3 Å². The number of aryl methyl sites for hydroxylation is 2. The maximum absolute atomic E-state index is 13.0. The first-order chi connectivity index (χ1) is 16.3. The molecule has 1 heterocycles. The van der Waals surface area contributed by atoms with Crippen molar-refractivity contribution < 1.29 is 17.9 Å². The number of para-hydroxylation sites is 2. The smallest absolute Gasteiger partial charge is 0.261 e. The Labute approximate surface area is 201 Å². The van der Waals surface area contributed by atoms with E-state index in [0.29, 0.717) is 37.4 Å². The van der Waals surface area contributed by atoms with Crippen LogP contribution in [0.25, 0.3) is 0 Å². The van der Waals surface area contributed by atoms with Gasteiger partial charge in [-0.2, -0.15) is 0 Å². The molecule has 8 heteroatoms. The molecule has 0 spiro atoms. The van der Waals surface area contributed by atoms with Crippen molar-refractivity contribution in [2.24, 2.45) is 0 Å². The van der Waals surface area contributed by atoms with E-state index in [1.807, 2.05) is 44.2 Å². The van der Waals surface area contributed by atoms with Gasteiger partial charge >= 0.3 is 0 Å². The number of sulfonamides is 1. The molecular formula is C26H29N3O4S. The Morgan fingerprint density at radius 3 is 2.21 bits per heavy atom. The van der Waals surface area contributed by atoms with E-state index in [1.165, 1.54) is 12.1 Å². The predicted octanol–water partition coefficient (Wildman–Crippen LogP) is 4.08. The standard InChI is InChI=1S/C26H29N3O4S/c1-19-8-11-22(18-20(19)2)27-34(31,32)23-12-9-21(10-13-23)26(30)29-16-14-28(15-17-29)24-6-4-5-7-25(24)33-3/h4-13,18,27H,14-17H2,1-3H3. The van der Waals surface area contributed by atoms with Crippen LogP contribution in [0.3, 0.4) is 0 Å². The van der Waals surface area contributed by atoms with Crippen molar-refractivity contribution >= 4 is 27.3 Å². The van der Waals surface area contributed by atoms with Crippen molar-refractivity contribution in [1.29, 1.82) is 0 Å². The maximum atomic E-state index is 13.0. The highest BCUT2D eigenvalue weighted by Crippen LogP contribution is 2.28. The van der Waals surface area contributed by atoms with Crippen LogP contribution in [0.4, 0.5) is 11.4 Å². The average Bonchev–Trinajstić information content (AvgIpc) is 2.86. The highest BCUT2D eigenvalue weighted by atomic mass is 32.2. The minimum atomic E-state index is -3.75. The molecule has 1 amide bonds. The van der Waals surface area contributed by atoms with Crippen molar-refractivity contribution in [3.8, 4) is 5.75 Å². The summed E-state index contributed by atoms with van der Waals surface area (Å²) in [6, 6.07) is 19.4. The lowest BCUT2D eigenvalue weighted by Crippen LogP contribution is -2.48. The van der Waals surface area contributed by atoms with Crippen molar-refractivity contribution in [3.63, 3.8) is 0 Å². The number of ether oxygens (including phenoxy) is 1. The number of nitrogens with one attached hydrogen (secondary N) is 1. The van der Waals surface area contributed by atoms with Crippen molar-refractivity contribution in [2.45, 2.75) is 18.7 Å². The number of rotatable bonds is 6. The molecule has 0 aliphatic carbocycles. The molecule has 0 bridgehead atoms. The zero-order chi connectivity index (χ0) is 24.3. The molecule has 1 saturated heterocycles. The second-order valence-corrected chi connectivity index (χ2v) is 10.1. The summed E-state index contributed by atoms with van der Waals surface area (Å²) < 4.78 is 33.6. The Balaban J connectivity index is 1.41. The van der Waals surface area contributed by atoms with Gasteiger partial charge in [-0.25, -0.2) is 8.42 Å². The maximum Gasteiger partial charge on any atom is 0.261 e. The van der Waals surface area contributed by atoms with Gasteiger partial charge in [0.05, 0.1) is 17.7 Å². The molecule has 0 radical (unpaired) electrons. The molecule has 1 N–H and O–H groups in total. The van der Waals surface area contributed by atoms with Crippen LogP contribution in [-0.2, 0) is 10.0 Å². The lowest BCUT2D eigenvalue weighted by molar-refractivity contribution is 0.0746. The lowest BCUT2D eigenvalue weighted by Gasteiger charge is -2.36. The largest absolute Gasteiger partial charge is 0.495 e. The monoisotopic (exact) mass is 479 g/mol. The molecule has 3 aromatic carbocycles. The van der Waals surface area contributed by atoms with Gasteiger partial charge in [0, 0.05) is 37.4 Å². The van der Waals surface area contributed by atoms with Gasteiger partial charge in [-0.15, -0.1) is 0 Å². The minimum absolute atomic E-state index is 0.106. The molecule has 4 rings (SSSR count). The summed E-state index contributed by atoms with van der Waals surface area (Å²) in [5.41, 5.74) is 4.09. The Morgan fingerprint density at radius 1 is 0.882 bits per heavy atom. The van der Waals surface area contributed by atoms with Crippen LogP contribution in [0.1, 0.15) is 21.5 Å². The Hall–Kier alpha value is -3.52. The van der Waals surface area contributed by atoms with Gasteiger partial charge in [0.15, 0.2) is 0 Å². The molecule has 3 aromatic rings.